The van der Waals surface area contributed by atoms with Gasteiger partial charge in [0.2, 0.25) is 0 Å². The zero-order valence-corrected chi connectivity index (χ0v) is 9.85. The minimum atomic E-state index is -1.80. The van der Waals surface area contributed by atoms with E-state index in [1.807, 2.05) is 0 Å². The van der Waals surface area contributed by atoms with Crippen molar-refractivity contribution in [2.45, 2.75) is 19.1 Å². The van der Waals surface area contributed by atoms with Gasteiger partial charge in [0.25, 0.3) is 6.35 Å². The number of aliphatic hydroxyl groups excluding tert-OH is 2. The van der Waals surface area contributed by atoms with Crippen LogP contribution in [0.15, 0.2) is 0 Å². The lowest BCUT2D eigenvalue weighted by Crippen LogP contribution is -2.29. The van der Waals surface area contributed by atoms with Gasteiger partial charge in [0.15, 0.2) is 0 Å². The molecule has 0 radical (unpaired) electrons. The maximum absolute atomic E-state index is 10.8. The molecule has 2 N–H and O–H groups in total. The summed E-state index contributed by atoms with van der Waals surface area (Å²) >= 11 is 0. The Balaban J connectivity index is 3.65. The van der Waals surface area contributed by atoms with Crippen molar-refractivity contribution < 1.29 is 28.8 Å². The Kier molecular flexibility index (Phi) is 9.09. The van der Waals surface area contributed by atoms with Gasteiger partial charge in [0, 0.05) is 0 Å². The van der Waals surface area contributed by atoms with Crippen molar-refractivity contribution >= 4 is 8.03 Å². The van der Waals surface area contributed by atoms with Crippen molar-refractivity contribution in [1.82, 2.24) is 0 Å². The summed E-state index contributed by atoms with van der Waals surface area (Å²) in [6.07, 6.45) is -0.909. The molecule has 0 amide bonds. The van der Waals surface area contributed by atoms with E-state index in [-0.39, 0.29) is 32.3 Å². The third-order valence-corrected chi connectivity index (χ3v) is 2.39. The molecule has 0 aromatic rings. The molecule has 0 spiro atoms. The van der Waals surface area contributed by atoms with Gasteiger partial charge in [-0.1, -0.05) is 0 Å². The molecule has 0 heterocycles. The SMILES string of the molecule is CO[P+](=O)COCC(CO)OC(C)CO. The van der Waals surface area contributed by atoms with Gasteiger partial charge in [-0.2, -0.15) is 0 Å². The molecule has 0 saturated carbocycles. The molecule has 0 aliphatic carbocycles. The Bertz CT molecular complexity index is 177. The van der Waals surface area contributed by atoms with Crippen molar-refractivity contribution in [3.05, 3.63) is 0 Å². The molecule has 0 aliphatic heterocycles. The minimum absolute atomic E-state index is 0.0286. The summed E-state index contributed by atoms with van der Waals surface area (Å²) in [6.45, 7) is 1.46. The maximum Gasteiger partial charge on any atom is 0.536 e. The molecule has 0 aromatic heterocycles. The van der Waals surface area contributed by atoms with Gasteiger partial charge in [-0.05, 0) is 11.5 Å². The van der Waals surface area contributed by atoms with Crippen LogP contribution in [-0.4, -0.2) is 55.7 Å². The summed E-state index contributed by atoms with van der Waals surface area (Å²) in [7, 11) is -0.467. The fourth-order valence-corrected chi connectivity index (χ4v) is 1.18. The lowest BCUT2D eigenvalue weighted by atomic mass is 10.3. The first kappa shape index (κ1) is 14.9. The van der Waals surface area contributed by atoms with Crippen LogP contribution >= 0.6 is 8.03 Å². The lowest BCUT2D eigenvalue weighted by molar-refractivity contribution is -0.0812. The van der Waals surface area contributed by atoms with Gasteiger partial charge in [-0.15, -0.1) is 4.52 Å². The third kappa shape index (κ3) is 7.79. The second kappa shape index (κ2) is 9.15. The Hall–Kier alpha value is -0.100. The van der Waals surface area contributed by atoms with Crippen LogP contribution in [0.25, 0.3) is 0 Å². The predicted molar refractivity (Wildman–Crippen MR) is 53.9 cm³/mol. The van der Waals surface area contributed by atoms with E-state index in [0.29, 0.717) is 0 Å². The molecule has 0 rings (SSSR count). The number of aliphatic hydroxyl groups is 2. The summed E-state index contributed by atoms with van der Waals surface area (Å²) < 4.78 is 25.5. The molecular formula is C8H18O6P+. The molecular weight excluding hydrogens is 223 g/mol. The van der Waals surface area contributed by atoms with E-state index in [2.05, 4.69) is 4.52 Å². The molecule has 0 aromatic carbocycles. The Morgan fingerprint density at radius 3 is 2.47 bits per heavy atom. The summed E-state index contributed by atoms with van der Waals surface area (Å²) in [6, 6.07) is 0. The van der Waals surface area contributed by atoms with Gasteiger partial charge in [0.05, 0.1) is 33.0 Å². The topological polar surface area (TPSA) is 85.2 Å². The first-order valence-corrected chi connectivity index (χ1v) is 5.94. The summed E-state index contributed by atoms with van der Waals surface area (Å²) in [4.78, 5) is 0. The van der Waals surface area contributed by atoms with Crippen LogP contribution < -0.4 is 0 Å². The normalized spacial score (nSPS) is 16.1. The van der Waals surface area contributed by atoms with E-state index < -0.39 is 14.1 Å². The van der Waals surface area contributed by atoms with Gasteiger partial charge in [-0.3, -0.25) is 0 Å². The van der Waals surface area contributed by atoms with Gasteiger partial charge < -0.3 is 19.7 Å². The molecule has 3 unspecified atom stereocenters. The van der Waals surface area contributed by atoms with E-state index in [4.69, 9.17) is 19.7 Å². The molecule has 3 atom stereocenters. The highest BCUT2D eigenvalue weighted by atomic mass is 31.1. The molecule has 0 aliphatic rings. The highest BCUT2D eigenvalue weighted by Crippen LogP contribution is 2.19. The van der Waals surface area contributed by atoms with Crippen LogP contribution in [0.4, 0.5) is 0 Å². The number of ether oxygens (including phenoxy) is 2. The van der Waals surface area contributed by atoms with Crippen molar-refractivity contribution in [2.75, 3.05) is 33.3 Å². The summed E-state index contributed by atoms with van der Waals surface area (Å²) in [5.41, 5.74) is 0. The molecule has 7 heteroatoms. The van der Waals surface area contributed by atoms with Crippen LogP contribution in [0.2, 0.25) is 0 Å². The first-order valence-electron chi connectivity index (χ1n) is 4.57. The van der Waals surface area contributed by atoms with Crippen LogP contribution in [0, 0.1) is 0 Å². The first-order chi connectivity index (χ1) is 7.13. The monoisotopic (exact) mass is 241 g/mol. The van der Waals surface area contributed by atoms with Gasteiger partial charge >= 0.3 is 8.03 Å². The van der Waals surface area contributed by atoms with E-state index in [0.717, 1.165) is 0 Å². The maximum atomic E-state index is 10.8. The average Bonchev–Trinajstić information content (AvgIpc) is 2.26. The second-order valence-electron chi connectivity index (χ2n) is 2.95. The molecule has 0 fully saturated rings. The summed E-state index contributed by atoms with van der Waals surface area (Å²) in [5, 5.41) is 17.6. The predicted octanol–water partition coefficient (Wildman–Crippen LogP) is 0.108. The standard InChI is InChI=1S/C8H18O6P/c1-7(3-9)14-8(4-10)5-13-6-15(11)12-2/h7-10H,3-6H2,1-2H3/q+1. The zero-order valence-electron chi connectivity index (χ0n) is 8.96. The number of hydrogen-bond donors (Lipinski definition) is 2. The van der Waals surface area contributed by atoms with Crippen LogP contribution in [0.1, 0.15) is 6.92 Å². The van der Waals surface area contributed by atoms with E-state index >= 15 is 0 Å². The Morgan fingerprint density at radius 1 is 1.33 bits per heavy atom. The van der Waals surface area contributed by atoms with Crippen molar-refractivity contribution in [2.24, 2.45) is 0 Å². The highest BCUT2D eigenvalue weighted by molar-refractivity contribution is 7.38. The Morgan fingerprint density at radius 2 is 2.00 bits per heavy atom. The fourth-order valence-electron chi connectivity index (χ4n) is 0.818. The van der Waals surface area contributed by atoms with Crippen molar-refractivity contribution in [1.29, 1.82) is 0 Å². The Labute approximate surface area is 90.0 Å². The van der Waals surface area contributed by atoms with Gasteiger partial charge in [-0.25, -0.2) is 0 Å². The molecule has 90 valence electrons. The lowest BCUT2D eigenvalue weighted by Gasteiger charge is -2.18. The molecule has 6 nitrogen and oxygen atoms in total. The zero-order chi connectivity index (χ0) is 11.7. The highest BCUT2D eigenvalue weighted by Gasteiger charge is 2.18. The van der Waals surface area contributed by atoms with Crippen molar-refractivity contribution in [3.63, 3.8) is 0 Å². The largest absolute Gasteiger partial charge is 0.536 e. The summed E-state index contributed by atoms with van der Waals surface area (Å²) in [5.74, 6) is 0. The van der Waals surface area contributed by atoms with Crippen LogP contribution in [0.3, 0.4) is 0 Å². The number of rotatable bonds is 9. The van der Waals surface area contributed by atoms with E-state index in [1.54, 1.807) is 6.92 Å². The molecule has 0 bridgehead atoms. The van der Waals surface area contributed by atoms with Crippen LogP contribution in [-0.2, 0) is 18.6 Å². The minimum Gasteiger partial charge on any atom is -0.394 e. The van der Waals surface area contributed by atoms with Gasteiger partial charge in [0.1, 0.15) is 6.10 Å². The van der Waals surface area contributed by atoms with Crippen molar-refractivity contribution in [3.8, 4) is 0 Å². The smallest absolute Gasteiger partial charge is 0.394 e. The molecule has 15 heavy (non-hydrogen) atoms. The quantitative estimate of drug-likeness (QED) is 0.557. The van der Waals surface area contributed by atoms with E-state index in [1.165, 1.54) is 7.11 Å². The fraction of sp³-hybridized carbons (Fsp3) is 1.00. The second-order valence-corrected chi connectivity index (χ2v) is 4.24. The van der Waals surface area contributed by atoms with E-state index in [9.17, 15) is 4.57 Å². The van der Waals surface area contributed by atoms with Crippen LogP contribution in [0.5, 0.6) is 0 Å². The average molecular weight is 241 g/mol. The third-order valence-electron chi connectivity index (χ3n) is 1.59. The number of hydrogen-bond acceptors (Lipinski definition) is 6. The molecule has 0 saturated heterocycles.